The van der Waals surface area contributed by atoms with Crippen molar-refractivity contribution in [1.29, 1.82) is 5.26 Å². The third-order valence-electron chi connectivity index (χ3n) is 3.65. The number of benzene rings is 1. The Morgan fingerprint density at radius 2 is 1.70 bits per heavy atom. The van der Waals surface area contributed by atoms with E-state index in [0.29, 0.717) is 11.6 Å². The molecule has 0 radical (unpaired) electrons. The molecule has 3 aromatic rings. The van der Waals surface area contributed by atoms with E-state index >= 15 is 0 Å². The Bertz CT molecular complexity index is 1100. The van der Waals surface area contributed by atoms with Gasteiger partial charge in [-0.2, -0.15) is 36.7 Å². The van der Waals surface area contributed by atoms with Crippen molar-refractivity contribution in [2.75, 3.05) is 0 Å². The zero-order valence-corrected chi connectivity index (χ0v) is 15.7. The van der Waals surface area contributed by atoms with Gasteiger partial charge < -0.3 is 4.74 Å². The molecule has 2 heterocycles. The number of pyridine rings is 1. The fourth-order valence-electron chi connectivity index (χ4n) is 2.39. The van der Waals surface area contributed by atoms with E-state index in [9.17, 15) is 31.6 Å². The molecular weight excluding hydrogens is 434 g/mol. The van der Waals surface area contributed by atoms with Crippen LogP contribution in [0.3, 0.4) is 0 Å². The minimum absolute atomic E-state index is 0.0336. The molecule has 0 saturated heterocycles. The number of halogens is 6. The first-order valence-electron chi connectivity index (χ1n) is 8.02. The molecular formula is C18H10F6N4OS. The van der Waals surface area contributed by atoms with Gasteiger partial charge in [-0.15, -0.1) is 0 Å². The Kier molecular flexibility index (Phi) is 5.67. The highest BCUT2D eigenvalue weighted by molar-refractivity contribution is 8.00. The second kappa shape index (κ2) is 7.91. The van der Waals surface area contributed by atoms with E-state index in [1.54, 1.807) is 0 Å². The van der Waals surface area contributed by atoms with Crippen molar-refractivity contribution in [3.8, 4) is 29.1 Å². The van der Waals surface area contributed by atoms with Crippen LogP contribution in [0.4, 0.5) is 26.3 Å². The van der Waals surface area contributed by atoms with Gasteiger partial charge in [0.1, 0.15) is 0 Å². The van der Waals surface area contributed by atoms with E-state index in [2.05, 4.69) is 10.1 Å². The number of aromatic nitrogens is 3. The number of ether oxygens (including phenoxy) is 1. The highest BCUT2D eigenvalue weighted by Gasteiger charge is 2.35. The fraction of sp³-hybridized carbons (Fsp3) is 0.167. The van der Waals surface area contributed by atoms with E-state index in [4.69, 9.17) is 4.74 Å². The zero-order valence-electron chi connectivity index (χ0n) is 14.9. The van der Waals surface area contributed by atoms with Gasteiger partial charge in [0, 0.05) is 29.6 Å². The summed E-state index contributed by atoms with van der Waals surface area (Å²) in [6, 6.07) is 10.4. The van der Waals surface area contributed by atoms with Crippen molar-refractivity contribution in [1.82, 2.24) is 14.8 Å². The van der Waals surface area contributed by atoms with Crippen LogP contribution in [0.25, 0.3) is 11.3 Å². The summed E-state index contributed by atoms with van der Waals surface area (Å²) >= 11 is -0.276. The molecule has 2 aromatic heterocycles. The molecule has 156 valence electrons. The van der Waals surface area contributed by atoms with E-state index < -0.39 is 17.4 Å². The van der Waals surface area contributed by atoms with Crippen molar-refractivity contribution in [3.63, 3.8) is 0 Å². The van der Waals surface area contributed by atoms with Crippen LogP contribution in [-0.4, -0.2) is 20.3 Å². The number of alkyl halides is 6. The Balaban J connectivity index is 1.91. The molecule has 3 rings (SSSR count). The summed E-state index contributed by atoms with van der Waals surface area (Å²) in [5, 5.41) is 12.5. The number of nitrogens with zero attached hydrogens (tertiary/aromatic N) is 4. The summed E-state index contributed by atoms with van der Waals surface area (Å²) in [6.45, 7) is 0. The average molecular weight is 444 g/mol. The van der Waals surface area contributed by atoms with Crippen LogP contribution in [0.1, 0.15) is 11.3 Å². The predicted octanol–water partition coefficient (Wildman–Crippen LogP) is 5.78. The van der Waals surface area contributed by atoms with Crippen molar-refractivity contribution >= 4 is 11.8 Å². The molecule has 30 heavy (non-hydrogen) atoms. The normalized spacial score (nSPS) is 11.9. The summed E-state index contributed by atoms with van der Waals surface area (Å²) in [5.41, 5.74) is -4.90. The third-order valence-corrected chi connectivity index (χ3v) is 4.39. The summed E-state index contributed by atoms with van der Waals surface area (Å²) < 4.78 is 82.0. The van der Waals surface area contributed by atoms with Gasteiger partial charge in [0.05, 0.1) is 17.3 Å². The molecule has 0 aliphatic heterocycles. The van der Waals surface area contributed by atoms with Crippen LogP contribution >= 0.6 is 11.8 Å². The molecule has 1 aromatic carbocycles. The topological polar surface area (TPSA) is 63.7 Å². The van der Waals surface area contributed by atoms with E-state index in [1.807, 2.05) is 6.07 Å². The van der Waals surface area contributed by atoms with Crippen LogP contribution in [-0.2, 0) is 13.2 Å². The molecule has 0 spiro atoms. The van der Waals surface area contributed by atoms with Crippen LogP contribution in [0.2, 0.25) is 0 Å². The van der Waals surface area contributed by atoms with Gasteiger partial charge >= 0.3 is 11.7 Å². The van der Waals surface area contributed by atoms with Crippen LogP contribution in [0.15, 0.2) is 47.4 Å². The Morgan fingerprint density at radius 1 is 1.03 bits per heavy atom. The summed E-state index contributed by atoms with van der Waals surface area (Å²) in [5.74, 6) is -0.428. The lowest BCUT2D eigenvalue weighted by molar-refractivity contribution is -0.141. The van der Waals surface area contributed by atoms with Crippen molar-refractivity contribution in [2.24, 2.45) is 7.05 Å². The van der Waals surface area contributed by atoms with Crippen LogP contribution in [0, 0.1) is 11.3 Å². The third kappa shape index (κ3) is 5.24. The van der Waals surface area contributed by atoms with Gasteiger partial charge in [-0.3, -0.25) is 0 Å². The zero-order chi connectivity index (χ0) is 22.1. The highest BCUT2D eigenvalue weighted by Crippen LogP contribution is 2.37. The molecule has 0 bridgehead atoms. The number of thioether (sulfide) groups is 1. The lowest BCUT2D eigenvalue weighted by atomic mass is 10.1. The molecule has 0 aliphatic rings. The van der Waals surface area contributed by atoms with Crippen molar-refractivity contribution < 1.29 is 31.1 Å². The Morgan fingerprint density at radius 3 is 2.23 bits per heavy atom. The predicted molar refractivity (Wildman–Crippen MR) is 94.6 cm³/mol. The number of rotatable bonds is 4. The monoisotopic (exact) mass is 444 g/mol. The summed E-state index contributed by atoms with van der Waals surface area (Å²) in [6.07, 6.45) is -4.66. The first-order valence-corrected chi connectivity index (χ1v) is 8.84. The molecule has 0 N–H and O–H groups in total. The first kappa shape index (κ1) is 21.5. The number of aryl methyl sites for hydroxylation is 1. The highest BCUT2D eigenvalue weighted by atomic mass is 32.2. The maximum atomic E-state index is 12.8. The van der Waals surface area contributed by atoms with Gasteiger partial charge in [-0.25, -0.2) is 9.67 Å². The lowest BCUT2D eigenvalue weighted by Crippen LogP contribution is -2.06. The molecule has 0 saturated carbocycles. The minimum atomic E-state index is -4.66. The fourth-order valence-corrected chi connectivity index (χ4v) is 2.93. The van der Waals surface area contributed by atoms with Gasteiger partial charge in [0.2, 0.25) is 11.8 Å². The van der Waals surface area contributed by atoms with Crippen molar-refractivity contribution in [2.45, 2.75) is 16.6 Å². The summed E-state index contributed by atoms with van der Waals surface area (Å²) in [4.78, 5) is 4.11. The second-order valence-corrected chi connectivity index (χ2v) is 6.99. The molecule has 5 nitrogen and oxygen atoms in total. The Hall–Kier alpha value is -3.20. The number of nitriles is 1. The lowest BCUT2D eigenvalue weighted by Gasteiger charge is -2.09. The van der Waals surface area contributed by atoms with E-state index in [-0.39, 0.29) is 39.7 Å². The van der Waals surface area contributed by atoms with Crippen LogP contribution < -0.4 is 4.74 Å². The maximum Gasteiger partial charge on any atom is 0.446 e. The minimum Gasteiger partial charge on any atom is -0.421 e. The number of hydrogen-bond acceptors (Lipinski definition) is 5. The van der Waals surface area contributed by atoms with E-state index in [0.717, 1.165) is 4.68 Å². The average Bonchev–Trinajstić information content (AvgIpc) is 3.01. The molecule has 0 aliphatic carbocycles. The second-order valence-electron chi connectivity index (χ2n) is 5.85. The smallest absolute Gasteiger partial charge is 0.421 e. The molecule has 0 fully saturated rings. The van der Waals surface area contributed by atoms with Gasteiger partial charge in [0.15, 0.2) is 5.69 Å². The number of hydrogen-bond donors (Lipinski definition) is 0. The first-order chi connectivity index (χ1) is 13.9. The standard InChI is InChI=1S/C18H10F6N4OS/c1-28-16(8-14(27-28)17(19,20)21)29-15-7-10(9-25)6-13(26-15)11-2-4-12(5-3-11)30-18(22,23)24/h2-8H,1H3. The molecule has 12 heteroatoms. The van der Waals surface area contributed by atoms with E-state index in [1.165, 1.54) is 43.4 Å². The van der Waals surface area contributed by atoms with Gasteiger partial charge in [0.25, 0.3) is 0 Å². The van der Waals surface area contributed by atoms with Crippen LogP contribution in [0.5, 0.6) is 11.8 Å². The maximum absolute atomic E-state index is 12.8. The molecule has 0 unspecified atom stereocenters. The largest absolute Gasteiger partial charge is 0.446 e. The molecule has 0 amide bonds. The van der Waals surface area contributed by atoms with Gasteiger partial charge in [-0.05, 0) is 30.0 Å². The van der Waals surface area contributed by atoms with Gasteiger partial charge in [-0.1, -0.05) is 12.1 Å². The quantitative estimate of drug-likeness (QED) is 0.377. The molecule has 0 atom stereocenters. The summed E-state index contributed by atoms with van der Waals surface area (Å²) in [7, 11) is 1.25. The SMILES string of the molecule is Cn1nc(C(F)(F)F)cc1Oc1cc(C#N)cc(-c2ccc(SC(F)(F)F)cc2)n1. The Labute approximate surface area is 169 Å². The van der Waals surface area contributed by atoms with Crippen molar-refractivity contribution in [3.05, 3.63) is 53.7 Å².